The molecule has 0 N–H and O–H groups in total. The first-order valence-electron chi connectivity index (χ1n) is 5.81. The van der Waals surface area contributed by atoms with Crippen molar-refractivity contribution in [3.05, 3.63) is 43.7 Å². The Morgan fingerprint density at radius 3 is 1.71 bits per heavy atom. The van der Waals surface area contributed by atoms with E-state index >= 15 is 0 Å². The maximum Gasteiger partial charge on any atom is 0.435 e. The molecule has 0 aliphatic carbocycles. The van der Waals surface area contributed by atoms with Gasteiger partial charge in [0, 0.05) is 11.8 Å². The van der Waals surface area contributed by atoms with E-state index in [1.165, 1.54) is 12.4 Å². The minimum Gasteiger partial charge on any atom is -0.237 e. The number of alkyl halides is 7. The van der Waals surface area contributed by atoms with Crippen LogP contribution in [0, 0.1) is 3.57 Å². The molecule has 2 rings (SSSR count). The molecular weight excluding hydrogens is 503 g/mol. The van der Waals surface area contributed by atoms with Crippen LogP contribution in [0.5, 0.6) is 0 Å². The molecule has 1 aromatic heterocycles. The zero-order chi connectivity index (χ0) is 18.5. The Bertz CT molecular complexity index is 732. The van der Waals surface area contributed by atoms with E-state index in [0.29, 0.717) is 3.57 Å². The normalized spacial score (nSPS) is 13.4. The Morgan fingerprint density at radius 2 is 1.38 bits per heavy atom. The number of halogens is 10. The summed E-state index contributed by atoms with van der Waals surface area (Å²) < 4.78 is 92.4. The van der Waals surface area contributed by atoms with E-state index in [0.717, 1.165) is 4.68 Å². The third-order valence-corrected chi connectivity index (χ3v) is 4.11. The van der Waals surface area contributed by atoms with Crippen LogP contribution in [0.25, 0.3) is 5.69 Å². The molecule has 0 radical (unpaired) electrons. The highest BCUT2D eigenvalue weighted by Crippen LogP contribution is 2.54. The number of rotatable bonds is 2. The lowest BCUT2D eigenvalue weighted by atomic mass is 9.94. The highest BCUT2D eigenvalue weighted by Gasteiger charge is 2.73. The lowest BCUT2D eigenvalue weighted by Crippen LogP contribution is -2.50. The summed E-state index contributed by atoms with van der Waals surface area (Å²) in [7, 11) is 0. The molecule has 0 spiro atoms. The topological polar surface area (TPSA) is 17.8 Å². The summed E-state index contributed by atoms with van der Waals surface area (Å²) in [5.41, 5.74) is -7.54. The van der Waals surface area contributed by atoms with E-state index in [-0.39, 0.29) is 17.8 Å². The molecule has 0 aliphatic rings. The summed E-state index contributed by atoms with van der Waals surface area (Å²) in [6.45, 7) is 0. The zero-order valence-electron chi connectivity index (χ0n) is 11.0. The third kappa shape index (κ3) is 3.19. The van der Waals surface area contributed by atoms with E-state index in [1.54, 1.807) is 0 Å². The summed E-state index contributed by atoms with van der Waals surface area (Å²) >= 11 is 13.3. The van der Waals surface area contributed by atoms with Crippen LogP contribution < -0.4 is 0 Å². The quantitative estimate of drug-likeness (QED) is 0.357. The van der Waals surface area contributed by atoms with Crippen molar-refractivity contribution in [1.29, 1.82) is 0 Å². The standard InChI is InChI=1S/C12H4Cl2F7IN2/c13-7-1-5(10(15,11(16,17)18)12(19,20)21)2-8(14)9(7)24-4-6(22)3-23-24/h1-4H. The molecule has 0 amide bonds. The van der Waals surface area contributed by atoms with Crippen molar-refractivity contribution in [3.63, 3.8) is 0 Å². The molecule has 2 aromatic rings. The summed E-state index contributed by atoms with van der Waals surface area (Å²) in [6.07, 6.45) is -9.77. The Balaban J connectivity index is 2.69. The van der Waals surface area contributed by atoms with Crippen LogP contribution in [-0.2, 0) is 5.67 Å². The van der Waals surface area contributed by atoms with Crippen molar-refractivity contribution in [2.45, 2.75) is 18.0 Å². The van der Waals surface area contributed by atoms with Crippen LogP contribution in [0.4, 0.5) is 30.7 Å². The number of nitrogens with zero attached hydrogens (tertiary/aromatic N) is 2. The van der Waals surface area contributed by atoms with Crippen molar-refractivity contribution in [1.82, 2.24) is 9.78 Å². The second-order valence-electron chi connectivity index (χ2n) is 4.55. The van der Waals surface area contributed by atoms with Crippen LogP contribution in [0.1, 0.15) is 5.56 Å². The Morgan fingerprint density at radius 1 is 0.917 bits per heavy atom. The molecule has 0 fully saturated rings. The molecule has 1 aromatic carbocycles. The fourth-order valence-corrected chi connectivity index (χ4v) is 2.94. The second-order valence-corrected chi connectivity index (χ2v) is 6.61. The van der Waals surface area contributed by atoms with Gasteiger partial charge in [0.1, 0.15) is 5.69 Å². The zero-order valence-corrected chi connectivity index (χ0v) is 14.7. The van der Waals surface area contributed by atoms with E-state index < -0.39 is 33.6 Å². The van der Waals surface area contributed by atoms with E-state index in [2.05, 4.69) is 5.10 Å². The minimum absolute atomic E-state index is 0.170. The highest BCUT2D eigenvalue weighted by molar-refractivity contribution is 14.1. The molecule has 0 atom stereocenters. The number of hydrogen-bond acceptors (Lipinski definition) is 1. The molecule has 2 nitrogen and oxygen atoms in total. The smallest absolute Gasteiger partial charge is 0.237 e. The number of hydrogen-bond donors (Lipinski definition) is 0. The first kappa shape index (κ1) is 19.6. The maximum absolute atomic E-state index is 14.0. The first-order valence-corrected chi connectivity index (χ1v) is 7.65. The second kappa shape index (κ2) is 6.20. The van der Waals surface area contributed by atoms with Crippen LogP contribution >= 0.6 is 45.8 Å². The molecule has 0 saturated carbocycles. The van der Waals surface area contributed by atoms with Gasteiger partial charge in [-0.2, -0.15) is 31.4 Å². The van der Waals surface area contributed by atoms with Crippen molar-refractivity contribution in [3.8, 4) is 5.69 Å². The van der Waals surface area contributed by atoms with Crippen molar-refractivity contribution < 1.29 is 30.7 Å². The SMILES string of the molecule is FC(F)(F)C(F)(c1cc(Cl)c(-n2cc(I)cn2)c(Cl)c1)C(F)(F)F. The number of benzene rings is 1. The molecule has 0 unspecified atom stereocenters. The molecule has 1 heterocycles. The van der Waals surface area contributed by atoms with Gasteiger partial charge in [0.25, 0.3) is 0 Å². The predicted octanol–water partition coefficient (Wildman–Crippen LogP) is 6.07. The monoisotopic (exact) mass is 506 g/mol. The average molecular weight is 507 g/mol. The van der Waals surface area contributed by atoms with Gasteiger partial charge >= 0.3 is 18.0 Å². The first-order chi connectivity index (χ1) is 10.8. The van der Waals surface area contributed by atoms with Gasteiger partial charge in [-0.1, -0.05) is 23.2 Å². The minimum atomic E-state index is -6.25. The molecule has 132 valence electrons. The van der Waals surface area contributed by atoms with Gasteiger partial charge in [-0.15, -0.1) is 0 Å². The lowest BCUT2D eigenvalue weighted by Gasteiger charge is -2.30. The van der Waals surface area contributed by atoms with Gasteiger partial charge in [0.2, 0.25) is 0 Å². The van der Waals surface area contributed by atoms with E-state index in [1.807, 2.05) is 22.6 Å². The van der Waals surface area contributed by atoms with Crippen LogP contribution in [0.2, 0.25) is 10.0 Å². The molecule has 0 bridgehead atoms. The van der Waals surface area contributed by atoms with E-state index in [4.69, 9.17) is 23.2 Å². The van der Waals surface area contributed by atoms with Gasteiger partial charge in [-0.05, 0) is 34.7 Å². The molecule has 0 saturated heterocycles. The summed E-state index contributed by atoms with van der Waals surface area (Å²) in [4.78, 5) is 0. The summed E-state index contributed by atoms with van der Waals surface area (Å²) in [5.74, 6) is 0. The highest BCUT2D eigenvalue weighted by atomic mass is 127. The van der Waals surface area contributed by atoms with Gasteiger partial charge in [-0.3, -0.25) is 0 Å². The lowest BCUT2D eigenvalue weighted by molar-refractivity contribution is -0.348. The van der Waals surface area contributed by atoms with Crippen LogP contribution in [-0.4, -0.2) is 22.1 Å². The maximum atomic E-state index is 14.0. The molecular formula is C12H4Cl2F7IN2. The Hall–Kier alpha value is -0.750. The van der Waals surface area contributed by atoms with Gasteiger partial charge in [0.05, 0.1) is 19.8 Å². The molecule has 12 heteroatoms. The average Bonchev–Trinajstić information content (AvgIpc) is 2.80. The Kier molecular flexibility index (Phi) is 5.06. The molecule has 24 heavy (non-hydrogen) atoms. The Labute approximate surface area is 153 Å². The van der Waals surface area contributed by atoms with Gasteiger partial charge in [0.15, 0.2) is 0 Å². The van der Waals surface area contributed by atoms with Gasteiger partial charge < -0.3 is 0 Å². The fourth-order valence-electron chi connectivity index (χ4n) is 1.89. The third-order valence-electron chi connectivity index (χ3n) is 2.98. The molecule has 0 aliphatic heterocycles. The summed E-state index contributed by atoms with van der Waals surface area (Å²) in [6, 6.07) is 0.469. The number of aromatic nitrogens is 2. The van der Waals surface area contributed by atoms with Crippen molar-refractivity contribution in [2.75, 3.05) is 0 Å². The predicted molar refractivity (Wildman–Crippen MR) is 81.2 cm³/mol. The van der Waals surface area contributed by atoms with Crippen LogP contribution in [0.15, 0.2) is 24.5 Å². The van der Waals surface area contributed by atoms with E-state index in [9.17, 15) is 30.7 Å². The van der Waals surface area contributed by atoms with Crippen molar-refractivity contribution >= 4 is 45.8 Å². The summed E-state index contributed by atoms with van der Waals surface area (Å²) in [5, 5.41) is 2.56. The van der Waals surface area contributed by atoms with Crippen LogP contribution in [0.3, 0.4) is 0 Å². The largest absolute Gasteiger partial charge is 0.435 e. The van der Waals surface area contributed by atoms with Gasteiger partial charge in [-0.25, -0.2) is 9.07 Å². The fraction of sp³-hybridized carbons (Fsp3) is 0.250. The van der Waals surface area contributed by atoms with Crippen molar-refractivity contribution in [2.24, 2.45) is 0 Å².